The van der Waals surface area contributed by atoms with Crippen molar-refractivity contribution < 1.29 is 13.2 Å². The van der Waals surface area contributed by atoms with Crippen LogP contribution in [0.5, 0.6) is 0 Å². The molecule has 0 spiro atoms. The van der Waals surface area contributed by atoms with E-state index >= 15 is 0 Å². The van der Waals surface area contributed by atoms with Crippen molar-refractivity contribution >= 4 is 15.9 Å². The van der Waals surface area contributed by atoms with Crippen molar-refractivity contribution in [2.24, 2.45) is 0 Å². The van der Waals surface area contributed by atoms with E-state index < -0.39 is 10.0 Å². The van der Waals surface area contributed by atoms with Gasteiger partial charge in [0.1, 0.15) is 0 Å². The minimum absolute atomic E-state index is 0.146. The lowest BCUT2D eigenvalue weighted by molar-refractivity contribution is 0.0938. The summed E-state index contributed by atoms with van der Waals surface area (Å²) in [6.45, 7) is 3.75. The molecule has 2 saturated heterocycles. The minimum Gasteiger partial charge on any atom is -0.350 e. The molecule has 160 valence electrons. The predicted molar refractivity (Wildman–Crippen MR) is 117 cm³/mol. The topological polar surface area (TPSA) is 69.7 Å². The zero-order valence-corrected chi connectivity index (χ0v) is 18.0. The van der Waals surface area contributed by atoms with Crippen LogP contribution in [0.25, 0.3) is 0 Å². The molecule has 4 rings (SSSR count). The molecule has 1 atom stereocenters. The molecule has 2 heterocycles. The molecule has 2 aromatic rings. The van der Waals surface area contributed by atoms with Crippen molar-refractivity contribution in [3.8, 4) is 0 Å². The van der Waals surface area contributed by atoms with Gasteiger partial charge in [-0.1, -0.05) is 30.3 Å². The molecule has 0 bridgehead atoms. The molecule has 2 fully saturated rings. The summed E-state index contributed by atoms with van der Waals surface area (Å²) in [6, 6.07) is 16.7. The van der Waals surface area contributed by atoms with Gasteiger partial charge in [-0.3, -0.25) is 9.69 Å². The number of benzene rings is 2. The normalized spacial score (nSPS) is 19.1. The lowest BCUT2D eigenvalue weighted by atomic mass is 10.1. The highest BCUT2D eigenvalue weighted by molar-refractivity contribution is 7.89. The van der Waals surface area contributed by atoms with Crippen LogP contribution in [0.3, 0.4) is 0 Å². The van der Waals surface area contributed by atoms with E-state index in [-0.39, 0.29) is 16.8 Å². The lowest BCUT2D eigenvalue weighted by Gasteiger charge is -2.28. The Morgan fingerprint density at radius 1 is 0.867 bits per heavy atom. The fourth-order valence-corrected chi connectivity index (χ4v) is 5.85. The number of rotatable bonds is 7. The molecule has 1 N–H and O–H groups in total. The number of carbonyl (C=O) groups excluding carboxylic acids is 1. The van der Waals surface area contributed by atoms with Crippen LogP contribution in [0.1, 0.15) is 47.6 Å². The SMILES string of the molecule is O=C(NC[C@H](c1ccccc1)N1CCCC1)c1ccc(S(=O)(=O)N2CCCC2)cc1. The molecule has 2 aliphatic rings. The van der Waals surface area contributed by atoms with E-state index in [1.54, 1.807) is 12.1 Å². The van der Waals surface area contributed by atoms with Crippen molar-refractivity contribution in [2.45, 2.75) is 36.6 Å². The van der Waals surface area contributed by atoms with Crippen LogP contribution < -0.4 is 5.32 Å². The summed E-state index contributed by atoms with van der Waals surface area (Å²) in [5, 5.41) is 3.05. The molecule has 7 heteroatoms. The highest BCUT2D eigenvalue weighted by atomic mass is 32.2. The van der Waals surface area contributed by atoms with Gasteiger partial charge in [0.25, 0.3) is 5.91 Å². The quantitative estimate of drug-likeness (QED) is 0.737. The van der Waals surface area contributed by atoms with Gasteiger partial charge in [0, 0.05) is 25.2 Å². The number of likely N-dealkylation sites (tertiary alicyclic amines) is 1. The van der Waals surface area contributed by atoms with E-state index in [4.69, 9.17) is 0 Å². The van der Waals surface area contributed by atoms with Crippen LogP contribution in [0.15, 0.2) is 59.5 Å². The summed E-state index contributed by atoms with van der Waals surface area (Å²) in [5.74, 6) is -0.180. The second kappa shape index (κ2) is 9.29. The van der Waals surface area contributed by atoms with Crippen LogP contribution >= 0.6 is 0 Å². The van der Waals surface area contributed by atoms with Crippen LogP contribution in [0, 0.1) is 0 Å². The highest BCUT2D eigenvalue weighted by Crippen LogP contribution is 2.25. The standard InChI is InChI=1S/C23H29N3O3S/c27-23(20-10-12-21(13-11-20)30(28,29)26-16-6-7-17-26)24-18-22(25-14-4-5-15-25)19-8-2-1-3-9-19/h1-3,8-13,22H,4-7,14-18H2,(H,24,27)/t22-/m1/s1. The average molecular weight is 428 g/mol. The molecule has 2 aromatic carbocycles. The fraction of sp³-hybridized carbons (Fsp3) is 0.435. The predicted octanol–water partition coefficient (Wildman–Crippen LogP) is 3.04. The second-order valence-electron chi connectivity index (χ2n) is 8.02. The van der Waals surface area contributed by atoms with Gasteiger partial charge < -0.3 is 5.32 Å². The number of hydrogen-bond acceptors (Lipinski definition) is 4. The van der Waals surface area contributed by atoms with Gasteiger partial charge in [-0.05, 0) is 68.6 Å². The number of carbonyl (C=O) groups is 1. The first kappa shape index (κ1) is 21.0. The number of amides is 1. The largest absolute Gasteiger partial charge is 0.350 e. The molecule has 0 unspecified atom stereocenters. The minimum atomic E-state index is -3.46. The Hall–Kier alpha value is -2.22. The number of hydrogen-bond donors (Lipinski definition) is 1. The van der Waals surface area contributed by atoms with Gasteiger partial charge in [0.2, 0.25) is 10.0 Å². The average Bonchev–Trinajstić information content (AvgIpc) is 3.49. The molecule has 30 heavy (non-hydrogen) atoms. The molecule has 0 aliphatic carbocycles. The van der Waals surface area contributed by atoms with Crippen LogP contribution in [0.2, 0.25) is 0 Å². The molecule has 1 amide bonds. The van der Waals surface area contributed by atoms with E-state index in [1.807, 2.05) is 18.2 Å². The Morgan fingerprint density at radius 2 is 1.47 bits per heavy atom. The molecule has 2 aliphatic heterocycles. The lowest BCUT2D eigenvalue weighted by Crippen LogP contribution is -2.36. The fourth-order valence-electron chi connectivity index (χ4n) is 4.33. The third-order valence-electron chi connectivity index (χ3n) is 6.04. The van der Waals surface area contributed by atoms with E-state index in [0.29, 0.717) is 25.2 Å². The van der Waals surface area contributed by atoms with E-state index in [1.165, 1.54) is 34.8 Å². The van der Waals surface area contributed by atoms with Gasteiger partial charge in [-0.15, -0.1) is 0 Å². The van der Waals surface area contributed by atoms with Gasteiger partial charge in [-0.25, -0.2) is 8.42 Å². The summed E-state index contributed by atoms with van der Waals surface area (Å²) in [4.78, 5) is 15.4. The first-order valence-electron chi connectivity index (χ1n) is 10.7. The second-order valence-corrected chi connectivity index (χ2v) is 9.95. The first-order chi connectivity index (χ1) is 14.6. The summed E-state index contributed by atoms with van der Waals surface area (Å²) >= 11 is 0. The van der Waals surface area contributed by atoms with E-state index in [9.17, 15) is 13.2 Å². The van der Waals surface area contributed by atoms with Crippen molar-refractivity contribution in [3.63, 3.8) is 0 Å². The zero-order valence-electron chi connectivity index (χ0n) is 17.2. The number of nitrogens with zero attached hydrogens (tertiary/aromatic N) is 2. The van der Waals surface area contributed by atoms with E-state index in [2.05, 4.69) is 22.3 Å². The van der Waals surface area contributed by atoms with Crippen LogP contribution in [-0.4, -0.2) is 56.3 Å². The first-order valence-corrected chi connectivity index (χ1v) is 12.2. The Bertz CT molecular complexity index is 949. The summed E-state index contributed by atoms with van der Waals surface area (Å²) in [5.41, 5.74) is 1.68. The third-order valence-corrected chi connectivity index (χ3v) is 7.95. The van der Waals surface area contributed by atoms with Crippen LogP contribution in [0.4, 0.5) is 0 Å². The summed E-state index contributed by atoms with van der Waals surface area (Å²) in [6.07, 6.45) is 4.17. The Morgan fingerprint density at radius 3 is 2.10 bits per heavy atom. The van der Waals surface area contributed by atoms with Crippen molar-refractivity contribution in [2.75, 3.05) is 32.7 Å². The van der Waals surface area contributed by atoms with Gasteiger partial charge in [0.15, 0.2) is 0 Å². The molecular formula is C23H29N3O3S. The molecule has 0 aromatic heterocycles. The monoisotopic (exact) mass is 427 g/mol. The van der Waals surface area contributed by atoms with Crippen molar-refractivity contribution in [1.29, 1.82) is 0 Å². The number of nitrogens with one attached hydrogen (secondary N) is 1. The highest BCUT2D eigenvalue weighted by Gasteiger charge is 2.27. The Labute approximate surface area is 178 Å². The maximum absolute atomic E-state index is 12.7. The molecule has 0 radical (unpaired) electrons. The number of sulfonamides is 1. The smallest absolute Gasteiger partial charge is 0.251 e. The van der Waals surface area contributed by atoms with Crippen LogP contribution in [-0.2, 0) is 10.0 Å². The maximum atomic E-state index is 12.7. The molecule has 0 saturated carbocycles. The summed E-state index contributed by atoms with van der Waals surface area (Å²) < 4.78 is 26.8. The van der Waals surface area contributed by atoms with Crippen molar-refractivity contribution in [1.82, 2.24) is 14.5 Å². The zero-order chi connectivity index (χ0) is 21.0. The molecule has 6 nitrogen and oxygen atoms in total. The van der Waals surface area contributed by atoms with Crippen molar-refractivity contribution in [3.05, 3.63) is 65.7 Å². The van der Waals surface area contributed by atoms with Gasteiger partial charge in [0.05, 0.1) is 10.9 Å². The van der Waals surface area contributed by atoms with Gasteiger partial charge >= 0.3 is 0 Å². The maximum Gasteiger partial charge on any atom is 0.251 e. The third kappa shape index (κ3) is 4.58. The molecular weight excluding hydrogens is 398 g/mol. The Kier molecular flexibility index (Phi) is 6.51. The summed E-state index contributed by atoms with van der Waals surface area (Å²) in [7, 11) is -3.46. The van der Waals surface area contributed by atoms with E-state index in [0.717, 1.165) is 25.9 Å². The Balaban J connectivity index is 1.42. The van der Waals surface area contributed by atoms with Gasteiger partial charge in [-0.2, -0.15) is 4.31 Å².